The number of anilines is 2. The first kappa shape index (κ1) is 13.8. The summed E-state index contributed by atoms with van der Waals surface area (Å²) in [5.74, 6) is -3.13. The highest BCUT2D eigenvalue weighted by atomic mass is 19.3. The first-order chi connectivity index (χ1) is 8.89. The number of hydrogen-bond donors (Lipinski definition) is 2. The minimum atomic E-state index is -2.61. The maximum atomic E-state index is 13.0. The second kappa shape index (κ2) is 5.15. The molecule has 5 heteroatoms. The predicted molar refractivity (Wildman–Crippen MR) is 71.1 cm³/mol. The van der Waals surface area contributed by atoms with Crippen LogP contribution in [0.15, 0.2) is 18.2 Å². The van der Waals surface area contributed by atoms with Gasteiger partial charge in [-0.2, -0.15) is 0 Å². The van der Waals surface area contributed by atoms with Crippen molar-refractivity contribution in [3.05, 3.63) is 23.8 Å². The molecule has 0 aliphatic heterocycles. The van der Waals surface area contributed by atoms with E-state index >= 15 is 0 Å². The minimum absolute atomic E-state index is 0.191. The maximum absolute atomic E-state index is 13.0. The summed E-state index contributed by atoms with van der Waals surface area (Å²) in [6, 6.07) is 5.28. The molecule has 1 aromatic rings. The van der Waals surface area contributed by atoms with E-state index in [1.165, 1.54) is 0 Å². The molecule has 0 radical (unpaired) electrons. The Bertz CT molecular complexity index is 478. The van der Waals surface area contributed by atoms with Crippen LogP contribution in [0.25, 0.3) is 0 Å². The van der Waals surface area contributed by atoms with Crippen LogP contribution in [-0.2, 0) is 4.79 Å². The van der Waals surface area contributed by atoms with Gasteiger partial charge in [0.25, 0.3) is 0 Å². The van der Waals surface area contributed by atoms with Crippen LogP contribution in [0.4, 0.5) is 20.2 Å². The van der Waals surface area contributed by atoms with Crippen LogP contribution < -0.4 is 11.1 Å². The second-order valence-electron chi connectivity index (χ2n) is 5.14. The second-order valence-corrected chi connectivity index (χ2v) is 5.14. The third kappa shape index (κ3) is 3.22. The van der Waals surface area contributed by atoms with Gasteiger partial charge < -0.3 is 11.1 Å². The molecule has 1 aliphatic carbocycles. The molecule has 0 heterocycles. The summed E-state index contributed by atoms with van der Waals surface area (Å²) in [6.45, 7) is 1.82. The molecule has 1 aromatic carbocycles. The fourth-order valence-corrected chi connectivity index (χ4v) is 2.33. The van der Waals surface area contributed by atoms with E-state index in [2.05, 4.69) is 5.32 Å². The largest absolute Gasteiger partial charge is 0.398 e. The molecular weight excluding hydrogens is 250 g/mol. The third-order valence-corrected chi connectivity index (χ3v) is 3.72. The van der Waals surface area contributed by atoms with Crippen molar-refractivity contribution < 1.29 is 13.6 Å². The lowest BCUT2D eigenvalue weighted by molar-refractivity contribution is -0.124. The smallest absolute Gasteiger partial charge is 0.248 e. The molecule has 0 saturated heterocycles. The van der Waals surface area contributed by atoms with Crippen LogP contribution in [0.5, 0.6) is 0 Å². The van der Waals surface area contributed by atoms with Gasteiger partial charge in [-0.05, 0) is 37.5 Å². The van der Waals surface area contributed by atoms with Crippen molar-refractivity contribution in [3.63, 3.8) is 0 Å². The van der Waals surface area contributed by atoms with Gasteiger partial charge in [0, 0.05) is 30.1 Å². The van der Waals surface area contributed by atoms with E-state index in [4.69, 9.17) is 5.73 Å². The summed E-state index contributed by atoms with van der Waals surface area (Å²) in [7, 11) is 0. The number of hydrogen-bond acceptors (Lipinski definition) is 2. The first-order valence-corrected chi connectivity index (χ1v) is 6.43. The zero-order valence-electron chi connectivity index (χ0n) is 10.9. The van der Waals surface area contributed by atoms with E-state index in [1.807, 2.05) is 6.92 Å². The number of alkyl halides is 2. The van der Waals surface area contributed by atoms with E-state index in [-0.39, 0.29) is 37.5 Å². The number of nitrogen functional groups attached to an aromatic ring is 1. The minimum Gasteiger partial charge on any atom is -0.398 e. The summed E-state index contributed by atoms with van der Waals surface area (Å²) >= 11 is 0. The molecule has 104 valence electrons. The van der Waals surface area contributed by atoms with Crippen LogP contribution in [-0.4, -0.2) is 11.8 Å². The van der Waals surface area contributed by atoms with Crippen molar-refractivity contribution in [1.82, 2.24) is 0 Å². The zero-order chi connectivity index (χ0) is 14.0. The highest BCUT2D eigenvalue weighted by Crippen LogP contribution is 2.36. The molecule has 0 unspecified atom stereocenters. The monoisotopic (exact) mass is 268 g/mol. The normalized spacial score (nSPS) is 19.1. The Kier molecular flexibility index (Phi) is 3.73. The number of amides is 1. The maximum Gasteiger partial charge on any atom is 0.248 e. The van der Waals surface area contributed by atoms with Gasteiger partial charge in [-0.1, -0.05) is 6.07 Å². The van der Waals surface area contributed by atoms with Crippen LogP contribution >= 0.6 is 0 Å². The lowest BCUT2D eigenvalue weighted by atomic mass is 9.86. The van der Waals surface area contributed by atoms with Crippen LogP contribution in [0.3, 0.4) is 0 Å². The number of nitrogens with one attached hydrogen (secondary N) is 1. The van der Waals surface area contributed by atoms with Gasteiger partial charge in [-0.25, -0.2) is 8.78 Å². The highest BCUT2D eigenvalue weighted by Gasteiger charge is 2.37. The molecule has 2 rings (SSSR count). The van der Waals surface area contributed by atoms with Crippen molar-refractivity contribution in [2.24, 2.45) is 5.92 Å². The molecular formula is C14H18F2N2O. The summed E-state index contributed by atoms with van der Waals surface area (Å²) in [5, 5.41) is 2.78. The van der Waals surface area contributed by atoms with Gasteiger partial charge in [-0.3, -0.25) is 4.79 Å². The molecule has 19 heavy (non-hydrogen) atoms. The molecule has 3 nitrogen and oxygen atoms in total. The van der Waals surface area contributed by atoms with Gasteiger partial charge >= 0.3 is 0 Å². The van der Waals surface area contributed by atoms with Gasteiger partial charge in [0.05, 0.1) is 0 Å². The van der Waals surface area contributed by atoms with E-state index in [0.717, 1.165) is 5.56 Å². The van der Waals surface area contributed by atoms with E-state index < -0.39 is 5.92 Å². The third-order valence-electron chi connectivity index (χ3n) is 3.72. The molecule has 0 atom stereocenters. The summed E-state index contributed by atoms with van der Waals surface area (Å²) < 4.78 is 26.1. The van der Waals surface area contributed by atoms with Crippen LogP contribution in [0.1, 0.15) is 31.2 Å². The molecule has 0 spiro atoms. The molecule has 1 saturated carbocycles. The van der Waals surface area contributed by atoms with E-state index in [1.54, 1.807) is 18.2 Å². The SMILES string of the molecule is Cc1c(N)cccc1NC(=O)C1CCC(F)(F)CC1. The van der Waals surface area contributed by atoms with Crippen molar-refractivity contribution in [1.29, 1.82) is 0 Å². The molecule has 1 aliphatic rings. The summed E-state index contributed by atoms with van der Waals surface area (Å²) in [6.07, 6.45) is 0.0579. The average Bonchev–Trinajstić information content (AvgIpc) is 2.35. The van der Waals surface area contributed by atoms with Crippen LogP contribution in [0.2, 0.25) is 0 Å². The van der Waals surface area contributed by atoms with Gasteiger partial charge in [0.2, 0.25) is 11.8 Å². The molecule has 0 bridgehead atoms. The lowest BCUT2D eigenvalue weighted by Crippen LogP contribution is -2.32. The molecule has 1 fully saturated rings. The van der Waals surface area contributed by atoms with Crippen molar-refractivity contribution in [2.75, 3.05) is 11.1 Å². The lowest BCUT2D eigenvalue weighted by Gasteiger charge is -2.27. The van der Waals surface area contributed by atoms with Crippen molar-refractivity contribution in [3.8, 4) is 0 Å². The zero-order valence-corrected chi connectivity index (χ0v) is 10.9. The Morgan fingerprint density at radius 3 is 2.63 bits per heavy atom. The molecule has 1 amide bonds. The quantitative estimate of drug-likeness (QED) is 0.808. The molecule has 3 N–H and O–H groups in total. The average molecular weight is 268 g/mol. The van der Waals surface area contributed by atoms with Gasteiger partial charge in [-0.15, -0.1) is 0 Å². The highest BCUT2D eigenvalue weighted by molar-refractivity contribution is 5.94. The number of halogens is 2. The Balaban J connectivity index is 2.00. The molecule has 0 aromatic heterocycles. The van der Waals surface area contributed by atoms with Crippen LogP contribution in [0, 0.1) is 12.8 Å². The Labute approximate surface area is 111 Å². The van der Waals surface area contributed by atoms with E-state index in [9.17, 15) is 13.6 Å². The number of benzene rings is 1. The number of rotatable bonds is 2. The summed E-state index contributed by atoms with van der Waals surface area (Å²) in [4.78, 5) is 12.0. The summed E-state index contributed by atoms with van der Waals surface area (Å²) in [5.41, 5.74) is 7.82. The fourth-order valence-electron chi connectivity index (χ4n) is 2.33. The van der Waals surface area contributed by atoms with Gasteiger partial charge in [0.1, 0.15) is 0 Å². The fraction of sp³-hybridized carbons (Fsp3) is 0.500. The standard InChI is InChI=1S/C14H18F2N2O/c1-9-11(17)3-2-4-12(9)18-13(19)10-5-7-14(15,16)8-6-10/h2-4,10H,5-8,17H2,1H3,(H,18,19). The van der Waals surface area contributed by atoms with E-state index in [0.29, 0.717) is 11.4 Å². The van der Waals surface area contributed by atoms with Gasteiger partial charge in [0.15, 0.2) is 0 Å². The Morgan fingerprint density at radius 1 is 1.37 bits per heavy atom. The first-order valence-electron chi connectivity index (χ1n) is 6.43. The number of carbonyl (C=O) groups excluding carboxylic acids is 1. The Morgan fingerprint density at radius 2 is 2.00 bits per heavy atom. The topological polar surface area (TPSA) is 55.1 Å². The van der Waals surface area contributed by atoms with Crippen molar-refractivity contribution in [2.45, 2.75) is 38.5 Å². The predicted octanol–water partition coefficient (Wildman–Crippen LogP) is 3.34. The Hall–Kier alpha value is -1.65. The number of carbonyl (C=O) groups is 1. The number of nitrogens with two attached hydrogens (primary N) is 1. The van der Waals surface area contributed by atoms with Crippen molar-refractivity contribution >= 4 is 17.3 Å².